The standard InChI is InChI=1S/C19H20ClNO3/c1-2-22-18-12-16(19(14-20)21-10-11-24-19)8-9-17(18)23-13-15-6-4-3-5-7-15/h3-12,21H,2,13-14H2,1H3. The maximum absolute atomic E-state index is 6.11. The fourth-order valence-corrected chi connectivity index (χ4v) is 2.83. The van der Waals surface area contributed by atoms with Crippen LogP contribution in [-0.2, 0) is 17.1 Å². The Morgan fingerprint density at radius 1 is 1.08 bits per heavy atom. The van der Waals surface area contributed by atoms with Crippen LogP contribution >= 0.6 is 11.6 Å². The van der Waals surface area contributed by atoms with E-state index >= 15 is 0 Å². The predicted molar refractivity (Wildman–Crippen MR) is 94.1 cm³/mol. The summed E-state index contributed by atoms with van der Waals surface area (Å²) in [6.07, 6.45) is 3.34. The number of ether oxygens (including phenoxy) is 3. The fraction of sp³-hybridized carbons (Fsp3) is 0.263. The van der Waals surface area contributed by atoms with Gasteiger partial charge in [0.2, 0.25) is 5.72 Å². The Hall–Kier alpha value is -2.33. The number of nitrogens with one attached hydrogen (secondary N) is 1. The highest BCUT2D eigenvalue weighted by Gasteiger charge is 2.35. The van der Waals surface area contributed by atoms with Gasteiger partial charge >= 0.3 is 0 Å². The Balaban J connectivity index is 1.82. The minimum absolute atomic E-state index is 0.274. The summed E-state index contributed by atoms with van der Waals surface area (Å²) in [7, 11) is 0. The van der Waals surface area contributed by atoms with E-state index in [1.807, 2.05) is 55.5 Å². The molecule has 0 amide bonds. The molecule has 0 aliphatic carbocycles. The lowest BCUT2D eigenvalue weighted by Crippen LogP contribution is -2.39. The highest BCUT2D eigenvalue weighted by atomic mass is 35.5. The van der Waals surface area contributed by atoms with Crippen LogP contribution in [0.5, 0.6) is 11.5 Å². The van der Waals surface area contributed by atoms with Crippen molar-refractivity contribution in [3.05, 3.63) is 72.1 Å². The number of rotatable bonds is 7. The summed E-state index contributed by atoms with van der Waals surface area (Å²) in [5.41, 5.74) is 1.23. The van der Waals surface area contributed by atoms with Crippen molar-refractivity contribution in [3.8, 4) is 11.5 Å². The second-order valence-corrected chi connectivity index (χ2v) is 5.66. The van der Waals surface area contributed by atoms with Crippen molar-refractivity contribution in [1.29, 1.82) is 0 Å². The van der Waals surface area contributed by atoms with Crippen LogP contribution < -0.4 is 14.8 Å². The normalized spacial score (nSPS) is 18.8. The van der Waals surface area contributed by atoms with E-state index in [1.165, 1.54) is 0 Å². The number of hydrogen-bond donors (Lipinski definition) is 1. The average Bonchev–Trinajstić information content (AvgIpc) is 3.12. The molecule has 1 heterocycles. The van der Waals surface area contributed by atoms with Crippen LogP contribution in [0.25, 0.3) is 0 Å². The van der Waals surface area contributed by atoms with Crippen molar-refractivity contribution in [2.75, 3.05) is 12.5 Å². The molecule has 0 radical (unpaired) electrons. The van der Waals surface area contributed by atoms with E-state index in [1.54, 1.807) is 12.5 Å². The van der Waals surface area contributed by atoms with Crippen molar-refractivity contribution >= 4 is 11.6 Å². The third kappa shape index (κ3) is 3.44. The first kappa shape index (κ1) is 16.5. The Morgan fingerprint density at radius 2 is 1.92 bits per heavy atom. The number of hydrogen-bond acceptors (Lipinski definition) is 4. The van der Waals surface area contributed by atoms with E-state index < -0.39 is 5.72 Å². The average molecular weight is 346 g/mol. The monoisotopic (exact) mass is 345 g/mol. The zero-order valence-corrected chi connectivity index (χ0v) is 14.3. The minimum atomic E-state index is -0.759. The second-order valence-electron chi connectivity index (χ2n) is 5.39. The van der Waals surface area contributed by atoms with Crippen LogP contribution in [0.1, 0.15) is 18.1 Å². The molecule has 1 aliphatic rings. The number of benzene rings is 2. The van der Waals surface area contributed by atoms with Crippen LogP contribution in [-0.4, -0.2) is 12.5 Å². The molecule has 3 rings (SSSR count). The number of alkyl halides is 1. The lowest BCUT2D eigenvalue weighted by atomic mass is 10.0. The molecule has 0 fully saturated rings. The molecule has 2 aromatic rings. The molecule has 1 N–H and O–H groups in total. The molecule has 1 aliphatic heterocycles. The summed E-state index contributed by atoms with van der Waals surface area (Å²) >= 11 is 6.11. The topological polar surface area (TPSA) is 39.7 Å². The molecular formula is C19H20ClNO3. The Morgan fingerprint density at radius 3 is 2.58 bits per heavy atom. The molecule has 0 spiro atoms. The molecule has 0 aromatic heterocycles. The fourth-order valence-electron chi connectivity index (χ4n) is 2.53. The maximum Gasteiger partial charge on any atom is 0.219 e. The van der Waals surface area contributed by atoms with Gasteiger partial charge in [-0.1, -0.05) is 30.3 Å². The summed E-state index contributed by atoms with van der Waals surface area (Å²) in [4.78, 5) is 0. The van der Waals surface area contributed by atoms with Gasteiger partial charge in [-0.2, -0.15) is 0 Å². The molecule has 2 aromatic carbocycles. The van der Waals surface area contributed by atoms with Crippen molar-refractivity contribution in [2.24, 2.45) is 0 Å². The quantitative estimate of drug-likeness (QED) is 0.765. The molecule has 0 saturated heterocycles. The van der Waals surface area contributed by atoms with Gasteiger partial charge in [-0.05, 0) is 30.7 Å². The smallest absolute Gasteiger partial charge is 0.219 e. The summed E-state index contributed by atoms with van der Waals surface area (Å²) in [6.45, 7) is 2.97. The molecule has 24 heavy (non-hydrogen) atoms. The molecular weight excluding hydrogens is 326 g/mol. The lowest BCUT2D eigenvalue weighted by Gasteiger charge is -2.28. The SMILES string of the molecule is CCOc1cc(C2(CCl)NC=CO2)ccc1OCc1ccccc1. The van der Waals surface area contributed by atoms with E-state index in [9.17, 15) is 0 Å². The summed E-state index contributed by atoms with van der Waals surface area (Å²) in [5, 5.41) is 3.15. The first-order chi connectivity index (χ1) is 11.8. The van der Waals surface area contributed by atoms with Crippen LogP contribution in [0, 0.1) is 0 Å². The van der Waals surface area contributed by atoms with Crippen molar-refractivity contribution < 1.29 is 14.2 Å². The molecule has 1 unspecified atom stereocenters. The van der Waals surface area contributed by atoms with Gasteiger partial charge in [0.05, 0.1) is 12.5 Å². The number of halogens is 1. The van der Waals surface area contributed by atoms with Gasteiger partial charge < -0.3 is 19.5 Å². The van der Waals surface area contributed by atoms with Crippen molar-refractivity contribution in [1.82, 2.24) is 5.32 Å². The summed E-state index contributed by atoms with van der Waals surface area (Å²) in [6, 6.07) is 15.8. The van der Waals surface area contributed by atoms with Gasteiger partial charge in [-0.15, -0.1) is 11.6 Å². The molecule has 0 saturated carbocycles. The zero-order valence-electron chi connectivity index (χ0n) is 13.5. The third-order valence-electron chi connectivity index (χ3n) is 3.79. The molecule has 4 nitrogen and oxygen atoms in total. The Kier molecular flexibility index (Phi) is 5.16. The molecule has 0 bridgehead atoms. The Labute approximate surface area is 147 Å². The first-order valence-corrected chi connectivity index (χ1v) is 8.41. The third-order valence-corrected chi connectivity index (χ3v) is 4.17. The Bertz CT molecular complexity index is 695. The van der Waals surface area contributed by atoms with Crippen LogP contribution in [0.3, 0.4) is 0 Å². The van der Waals surface area contributed by atoms with Gasteiger partial charge in [0.1, 0.15) is 12.9 Å². The van der Waals surface area contributed by atoms with E-state index in [0.717, 1.165) is 11.1 Å². The zero-order chi connectivity index (χ0) is 16.8. The van der Waals surface area contributed by atoms with Gasteiger partial charge in [-0.25, -0.2) is 0 Å². The van der Waals surface area contributed by atoms with Crippen LogP contribution in [0.4, 0.5) is 0 Å². The molecule has 1 atom stereocenters. The molecule has 5 heteroatoms. The van der Waals surface area contributed by atoms with E-state index in [-0.39, 0.29) is 5.88 Å². The van der Waals surface area contributed by atoms with E-state index in [4.69, 9.17) is 25.8 Å². The highest BCUT2D eigenvalue weighted by molar-refractivity contribution is 6.18. The van der Waals surface area contributed by atoms with E-state index in [0.29, 0.717) is 24.7 Å². The second kappa shape index (κ2) is 7.49. The van der Waals surface area contributed by atoms with Gasteiger partial charge in [0.15, 0.2) is 11.5 Å². The first-order valence-electron chi connectivity index (χ1n) is 7.88. The van der Waals surface area contributed by atoms with E-state index in [2.05, 4.69) is 5.32 Å². The van der Waals surface area contributed by atoms with Gasteiger partial charge in [0.25, 0.3) is 0 Å². The molecule has 126 valence electrons. The van der Waals surface area contributed by atoms with Crippen LogP contribution in [0.2, 0.25) is 0 Å². The van der Waals surface area contributed by atoms with Gasteiger partial charge in [0, 0.05) is 11.8 Å². The van der Waals surface area contributed by atoms with Crippen molar-refractivity contribution in [2.45, 2.75) is 19.3 Å². The highest BCUT2D eigenvalue weighted by Crippen LogP contribution is 2.36. The van der Waals surface area contributed by atoms with Crippen molar-refractivity contribution in [3.63, 3.8) is 0 Å². The summed E-state index contributed by atoms with van der Waals surface area (Å²) < 4.78 is 17.3. The minimum Gasteiger partial charge on any atom is -0.490 e. The largest absolute Gasteiger partial charge is 0.490 e. The lowest BCUT2D eigenvalue weighted by molar-refractivity contribution is 0.0434. The summed E-state index contributed by atoms with van der Waals surface area (Å²) in [5.74, 6) is 1.64. The van der Waals surface area contributed by atoms with Gasteiger partial charge in [-0.3, -0.25) is 0 Å². The maximum atomic E-state index is 6.11. The van der Waals surface area contributed by atoms with Crippen LogP contribution in [0.15, 0.2) is 61.0 Å². The predicted octanol–water partition coefficient (Wildman–Crippen LogP) is 4.15.